The number of nitrogens with one attached hydrogen (secondary N) is 1. The maximum Gasteiger partial charge on any atom is 0.416 e. The van der Waals surface area contributed by atoms with E-state index >= 15 is 0 Å². The van der Waals surface area contributed by atoms with Gasteiger partial charge in [0.2, 0.25) is 0 Å². The summed E-state index contributed by atoms with van der Waals surface area (Å²) in [6.45, 7) is -0.384. The molecule has 168 valence electrons. The lowest BCUT2D eigenvalue weighted by molar-refractivity contribution is -0.143. The molecule has 4 rings (SSSR count). The Kier molecular flexibility index (Phi) is 5.90. The third-order valence-corrected chi connectivity index (χ3v) is 5.39. The maximum atomic E-state index is 13.2. The topological polar surface area (TPSA) is 21.3 Å². The molecule has 0 aromatic heterocycles. The standard InChI is InChI=1S/C24H19F6NO/c25-23(26,27)18-10-15(11-19(13-18)24(28,29)30)14-32-21-12-17-8-4-5-9-20(17)31-22(21)16-6-2-1-3-7-16/h1-11,13,21-22,31H,12,14H2. The van der Waals surface area contributed by atoms with Gasteiger partial charge in [0.05, 0.1) is 29.9 Å². The SMILES string of the molecule is FC(F)(F)c1cc(COC2Cc3ccccc3NC2c2ccccc2)cc(C(F)(F)F)c1. The zero-order chi connectivity index (χ0) is 22.9. The molecule has 0 saturated heterocycles. The van der Waals surface area contributed by atoms with Gasteiger partial charge in [-0.05, 0) is 41.0 Å². The monoisotopic (exact) mass is 451 g/mol. The highest BCUT2D eigenvalue weighted by Crippen LogP contribution is 2.38. The Balaban J connectivity index is 1.62. The molecule has 0 saturated carbocycles. The van der Waals surface area contributed by atoms with Gasteiger partial charge in [0.15, 0.2) is 0 Å². The van der Waals surface area contributed by atoms with Gasteiger partial charge in [0.1, 0.15) is 0 Å². The molecule has 0 bridgehead atoms. The first kappa shape index (κ1) is 22.2. The molecule has 8 heteroatoms. The van der Waals surface area contributed by atoms with Gasteiger partial charge < -0.3 is 10.1 Å². The Morgan fingerprint density at radius 2 is 1.38 bits per heavy atom. The van der Waals surface area contributed by atoms with Crippen LogP contribution in [0.4, 0.5) is 32.0 Å². The first-order valence-corrected chi connectivity index (χ1v) is 9.90. The van der Waals surface area contributed by atoms with Crippen LogP contribution in [0.5, 0.6) is 0 Å². The van der Waals surface area contributed by atoms with Crippen molar-refractivity contribution in [2.45, 2.75) is 37.5 Å². The van der Waals surface area contributed by atoms with E-state index in [-0.39, 0.29) is 24.3 Å². The summed E-state index contributed by atoms with van der Waals surface area (Å²) in [5.41, 5.74) is -0.0931. The molecular weight excluding hydrogens is 432 g/mol. The Labute approximate surface area is 180 Å². The number of hydrogen-bond acceptors (Lipinski definition) is 2. The van der Waals surface area contributed by atoms with Crippen LogP contribution in [0, 0.1) is 0 Å². The van der Waals surface area contributed by atoms with E-state index in [1.54, 1.807) is 0 Å². The summed E-state index contributed by atoms with van der Waals surface area (Å²) in [6.07, 6.45) is -9.81. The zero-order valence-electron chi connectivity index (χ0n) is 16.7. The van der Waals surface area contributed by atoms with Gasteiger partial charge in [-0.25, -0.2) is 0 Å². The lowest BCUT2D eigenvalue weighted by Gasteiger charge is -2.35. The summed E-state index contributed by atoms with van der Waals surface area (Å²) in [6, 6.07) is 18.2. The molecule has 0 spiro atoms. The Morgan fingerprint density at radius 1 is 0.781 bits per heavy atom. The average molecular weight is 451 g/mol. The van der Waals surface area contributed by atoms with Gasteiger partial charge in [-0.15, -0.1) is 0 Å². The van der Waals surface area contributed by atoms with Crippen LogP contribution in [0.15, 0.2) is 72.8 Å². The quantitative estimate of drug-likeness (QED) is 0.431. The van der Waals surface area contributed by atoms with Crippen LogP contribution in [0.1, 0.15) is 33.9 Å². The largest absolute Gasteiger partial charge is 0.416 e. The molecule has 3 aromatic rings. The molecule has 1 aliphatic heterocycles. The van der Waals surface area contributed by atoms with E-state index in [0.29, 0.717) is 18.6 Å². The van der Waals surface area contributed by atoms with Crippen molar-refractivity contribution in [1.29, 1.82) is 0 Å². The Morgan fingerprint density at radius 3 is 2.00 bits per heavy atom. The molecule has 0 radical (unpaired) electrons. The number of alkyl halides is 6. The third-order valence-electron chi connectivity index (χ3n) is 5.39. The molecule has 2 atom stereocenters. The van der Waals surface area contributed by atoms with Gasteiger partial charge in [0.25, 0.3) is 0 Å². The lowest BCUT2D eigenvalue weighted by atomic mass is 9.90. The van der Waals surface area contributed by atoms with Crippen molar-refractivity contribution >= 4 is 5.69 Å². The van der Waals surface area contributed by atoms with Gasteiger partial charge in [0, 0.05) is 12.1 Å². The number of benzene rings is 3. The molecule has 1 N–H and O–H groups in total. The van der Waals surface area contributed by atoms with Crippen molar-refractivity contribution in [2.24, 2.45) is 0 Å². The van der Waals surface area contributed by atoms with Gasteiger partial charge in [-0.2, -0.15) is 26.3 Å². The van der Waals surface area contributed by atoms with Crippen LogP contribution < -0.4 is 5.32 Å². The van der Waals surface area contributed by atoms with Crippen molar-refractivity contribution in [3.8, 4) is 0 Å². The number of anilines is 1. The molecule has 0 aliphatic carbocycles. The van der Waals surface area contributed by atoms with Gasteiger partial charge >= 0.3 is 12.4 Å². The molecule has 3 aromatic carbocycles. The Bertz CT molecular complexity index is 1050. The first-order chi connectivity index (χ1) is 15.1. The fraction of sp³-hybridized carbons (Fsp3) is 0.250. The average Bonchev–Trinajstić information content (AvgIpc) is 2.76. The third kappa shape index (κ3) is 4.91. The molecule has 0 fully saturated rings. The van der Waals surface area contributed by atoms with Gasteiger partial charge in [-0.1, -0.05) is 48.5 Å². The van der Waals surface area contributed by atoms with Crippen LogP contribution in [0.3, 0.4) is 0 Å². The minimum Gasteiger partial charge on any atom is -0.375 e. The number of halogens is 6. The van der Waals surface area contributed by atoms with E-state index < -0.39 is 29.6 Å². The van der Waals surface area contributed by atoms with E-state index in [1.807, 2.05) is 54.6 Å². The second-order valence-corrected chi connectivity index (χ2v) is 7.66. The number of ether oxygens (including phenoxy) is 1. The maximum absolute atomic E-state index is 13.2. The van der Waals surface area contributed by atoms with E-state index in [2.05, 4.69) is 5.32 Å². The van der Waals surface area contributed by atoms with E-state index in [0.717, 1.165) is 16.8 Å². The van der Waals surface area contributed by atoms with E-state index in [1.165, 1.54) is 0 Å². The fourth-order valence-corrected chi connectivity index (χ4v) is 3.85. The van der Waals surface area contributed by atoms with Crippen LogP contribution in [-0.4, -0.2) is 6.10 Å². The highest BCUT2D eigenvalue weighted by atomic mass is 19.4. The summed E-state index contributed by atoms with van der Waals surface area (Å²) in [7, 11) is 0. The number of fused-ring (bicyclic) bond motifs is 1. The molecule has 32 heavy (non-hydrogen) atoms. The summed E-state index contributed by atoms with van der Waals surface area (Å²) >= 11 is 0. The van der Waals surface area contributed by atoms with Crippen LogP contribution in [0.25, 0.3) is 0 Å². The van der Waals surface area contributed by atoms with E-state index in [4.69, 9.17) is 4.74 Å². The molecule has 1 heterocycles. The fourth-order valence-electron chi connectivity index (χ4n) is 3.85. The molecule has 2 unspecified atom stereocenters. The predicted molar refractivity (Wildman–Crippen MR) is 108 cm³/mol. The van der Waals surface area contributed by atoms with Crippen LogP contribution in [-0.2, 0) is 30.1 Å². The van der Waals surface area contributed by atoms with E-state index in [9.17, 15) is 26.3 Å². The minimum atomic E-state index is -4.89. The normalized spacial score (nSPS) is 18.7. The molecule has 1 aliphatic rings. The number of para-hydroxylation sites is 1. The zero-order valence-corrected chi connectivity index (χ0v) is 16.7. The van der Waals surface area contributed by atoms with Crippen molar-refractivity contribution < 1.29 is 31.1 Å². The summed E-state index contributed by atoms with van der Waals surface area (Å²) in [4.78, 5) is 0. The summed E-state index contributed by atoms with van der Waals surface area (Å²) in [5, 5.41) is 3.39. The van der Waals surface area contributed by atoms with Crippen molar-refractivity contribution in [1.82, 2.24) is 0 Å². The Hall–Kier alpha value is -3.00. The minimum absolute atomic E-state index is 0.120. The highest BCUT2D eigenvalue weighted by Gasteiger charge is 2.37. The van der Waals surface area contributed by atoms with Gasteiger partial charge in [-0.3, -0.25) is 0 Å². The van der Waals surface area contributed by atoms with Crippen LogP contribution in [0.2, 0.25) is 0 Å². The highest BCUT2D eigenvalue weighted by molar-refractivity contribution is 5.56. The van der Waals surface area contributed by atoms with Crippen molar-refractivity contribution in [3.63, 3.8) is 0 Å². The first-order valence-electron chi connectivity index (χ1n) is 9.90. The summed E-state index contributed by atoms with van der Waals surface area (Å²) < 4.78 is 84.9. The molecule has 2 nitrogen and oxygen atoms in total. The van der Waals surface area contributed by atoms with Crippen LogP contribution >= 0.6 is 0 Å². The number of rotatable bonds is 4. The smallest absolute Gasteiger partial charge is 0.375 e. The second kappa shape index (κ2) is 8.50. The number of hydrogen-bond donors (Lipinski definition) is 1. The molecule has 0 amide bonds. The molecular formula is C24H19F6NO. The summed E-state index contributed by atoms with van der Waals surface area (Å²) in [5.74, 6) is 0. The lowest BCUT2D eigenvalue weighted by Crippen LogP contribution is -2.34. The van der Waals surface area contributed by atoms with Crippen molar-refractivity contribution in [3.05, 3.63) is 101 Å². The predicted octanol–water partition coefficient (Wildman–Crippen LogP) is 7.02. The van der Waals surface area contributed by atoms with Crippen molar-refractivity contribution in [2.75, 3.05) is 5.32 Å². The second-order valence-electron chi connectivity index (χ2n) is 7.66.